The number of rotatable bonds is 3. The molecule has 6 heteroatoms. The normalized spacial score (nSPS) is 28.5. The highest BCUT2D eigenvalue weighted by atomic mass is 35.5. The highest BCUT2D eigenvalue weighted by Crippen LogP contribution is 2.51. The number of halogens is 1. The van der Waals surface area contributed by atoms with Gasteiger partial charge in [0.25, 0.3) is 0 Å². The minimum absolute atomic E-state index is 0.00335. The molecule has 3 aliphatic heterocycles. The molecule has 144 valence electrons. The molecule has 0 aliphatic carbocycles. The van der Waals surface area contributed by atoms with Crippen molar-refractivity contribution in [3.63, 3.8) is 0 Å². The van der Waals surface area contributed by atoms with E-state index in [-0.39, 0.29) is 30.3 Å². The Labute approximate surface area is 168 Å². The Balaban J connectivity index is 1.40. The van der Waals surface area contributed by atoms with E-state index in [2.05, 4.69) is 0 Å². The van der Waals surface area contributed by atoms with Gasteiger partial charge in [-0.3, -0.25) is 9.59 Å². The van der Waals surface area contributed by atoms with E-state index in [1.807, 2.05) is 58.3 Å². The van der Waals surface area contributed by atoms with Gasteiger partial charge in [0.15, 0.2) is 5.72 Å². The van der Waals surface area contributed by atoms with Crippen LogP contribution in [0.5, 0.6) is 0 Å². The maximum Gasteiger partial charge on any atom is 0.227 e. The molecule has 2 aromatic rings. The molecule has 0 saturated carbocycles. The van der Waals surface area contributed by atoms with Crippen molar-refractivity contribution in [3.05, 3.63) is 70.7 Å². The molecule has 2 aromatic carbocycles. The number of benzene rings is 2. The number of hydrogen-bond acceptors (Lipinski definition) is 3. The molecule has 0 unspecified atom stereocenters. The predicted molar refractivity (Wildman–Crippen MR) is 105 cm³/mol. The molecule has 3 aliphatic rings. The van der Waals surface area contributed by atoms with Crippen LogP contribution < -0.4 is 0 Å². The molecule has 1 spiro atoms. The van der Waals surface area contributed by atoms with Crippen molar-refractivity contribution >= 4 is 23.4 Å². The van der Waals surface area contributed by atoms with Gasteiger partial charge in [-0.25, -0.2) is 0 Å². The maximum atomic E-state index is 13.0. The third kappa shape index (κ3) is 2.57. The summed E-state index contributed by atoms with van der Waals surface area (Å²) in [5.41, 5.74) is 1.20. The van der Waals surface area contributed by atoms with Crippen LogP contribution in [0.3, 0.4) is 0 Å². The minimum atomic E-state index is -0.687. The lowest BCUT2D eigenvalue weighted by atomic mass is 10.0. The van der Waals surface area contributed by atoms with E-state index in [0.717, 1.165) is 11.1 Å². The number of likely N-dealkylation sites (tertiary alicyclic amines) is 1. The molecular formula is C22H21ClN2O3. The minimum Gasteiger partial charge on any atom is -0.351 e. The summed E-state index contributed by atoms with van der Waals surface area (Å²) in [6.07, 6.45) is 1.21. The average Bonchev–Trinajstić information content (AvgIpc) is 3.33. The summed E-state index contributed by atoms with van der Waals surface area (Å²) in [5, 5.41) is 0.593. The molecule has 3 atom stereocenters. The Kier molecular flexibility index (Phi) is 4.18. The fourth-order valence-electron chi connectivity index (χ4n) is 4.97. The van der Waals surface area contributed by atoms with Gasteiger partial charge in [-0.05, 0) is 17.2 Å². The molecule has 5 nitrogen and oxygen atoms in total. The fourth-order valence-corrected chi connectivity index (χ4v) is 5.17. The van der Waals surface area contributed by atoms with Crippen LogP contribution in [-0.2, 0) is 20.7 Å². The molecule has 3 fully saturated rings. The lowest BCUT2D eigenvalue weighted by molar-refractivity contribution is -0.141. The van der Waals surface area contributed by atoms with Gasteiger partial charge in [-0.2, -0.15) is 0 Å². The molecule has 0 radical (unpaired) electrons. The van der Waals surface area contributed by atoms with E-state index in [0.29, 0.717) is 31.0 Å². The zero-order valence-electron chi connectivity index (χ0n) is 15.4. The summed E-state index contributed by atoms with van der Waals surface area (Å²) in [4.78, 5) is 29.7. The van der Waals surface area contributed by atoms with Crippen LogP contribution in [0.1, 0.15) is 30.0 Å². The molecule has 0 N–H and O–H groups in total. The van der Waals surface area contributed by atoms with Crippen molar-refractivity contribution in [2.24, 2.45) is 0 Å². The van der Waals surface area contributed by atoms with Crippen LogP contribution in [0.25, 0.3) is 0 Å². The summed E-state index contributed by atoms with van der Waals surface area (Å²) in [6, 6.07) is 17.1. The van der Waals surface area contributed by atoms with Crippen LogP contribution in [0.15, 0.2) is 54.6 Å². The smallest absolute Gasteiger partial charge is 0.227 e. The van der Waals surface area contributed by atoms with E-state index < -0.39 is 5.72 Å². The second-order valence-electron chi connectivity index (χ2n) is 7.67. The topological polar surface area (TPSA) is 49.9 Å². The Morgan fingerprint density at radius 2 is 1.89 bits per heavy atom. The molecule has 0 bridgehead atoms. The second kappa shape index (κ2) is 6.61. The number of hydrogen-bond donors (Lipinski definition) is 0. The van der Waals surface area contributed by atoms with Crippen molar-refractivity contribution in [1.29, 1.82) is 0 Å². The fraction of sp³-hybridized carbons (Fsp3) is 0.364. The van der Waals surface area contributed by atoms with E-state index in [1.165, 1.54) is 0 Å². The zero-order valence-corrected chi connectivity index (χ0v) is 16.1. The van der Waals surface area contributed by atoms with E-state index in [4.69, 9.17) is 16.3 Å². The van der Waals surface area contributed by atoms with Crippen molar-refractivity contribution in [1.82, 2.24) is 9.80 Å². The molecule has 2 amide bonds. The van der Waals surface area contributed by atoms with Crippen LogP contribution >= 0.6 is 11.6 Å². The number of amides is 2. The van der Waals surface area contributed by atoms with Gasteiger partial charge in [-0.1, -0.05) is 60.1 Å². The summed E-state index contributed by atoms with van der Waals surface area (Å²) in [7, 11) is 0. The van der Waals surface area contributed by atoms with Crippen LogP contribution in [0.2, 0.25) is 5.02 Å². The Hall–Kier alpha value is -2.37. The van der Waals surface area contributed by atoms with Gasteiger partial charge in [0.1, 0.15) is 0 Å². The Bertz CT molecular complexity index is 934. The van der Waals surface area contributed by atoms with Gasteiger partial charge >= 0.3 is 0 Å². The number of nitrogens with zero attached hydrogens (tertiary/aromatic N) is 2. The molecular weight excluding hydrogens is 376 g/mol. The molecule has 0 aromatic heterocycles. The molecule has 28 heavy (non-hydrogen) atoms. The monoisotopic (exact) mass is 396 g/mol. The van der Waals surface area contributed by atoms with Crippen molar-refractivity contribution in [2.75, 3.05) is 13.2 Å². The van der Waals surface area contributed by atoms with Gasteiger partial charge in [0, 0.05) is 18.0 Å². The highest BCUT2D eigenvalue weighted by molar-refractivity contribution is 6.31. The van der Waals surface area contributed by atoms with Crippen molar-refractivity contribution in [3.8, 4) is 0 Å². The summed E-state index contributed by atoms with van der Waals surface area (Å²) in [6.45, 7) is 1.07. The van der Waals surface area contributed by atoms with Gasteiger partial charge in [-0.15, -0.1) is 0 Å². The predicted octanol–water partition coefficient (Wildman–Crippen LogP) is 3.18. The summed E-state index contributed by atoms with van der Waals surface area (Å²) < 4.78 is 6.27. The average molecular weight is 397 g/mol. The first kappa shape index (κ1) is 17.7. The highest BCUT2D eigenvalue weighted by Gasteiger charge is 2.65. The molecule has 5 rings (SSSR count). The maximum absolute atomic E-state index is 13.0. The summed E-state index contributed by atoms with van der Waals surface area (Å²) >= 11 is 6.23. The lowest BCUT2D eigenvalue weighted by Crippen LogP contribution is -2.49. The largest absolute Gasteiger partial charge is 0.351 e. The standard InChI is InChI=1S/C22H21ClN2O3/c23-17-9-5-4-8-16(17)12-20(26)24-11-10-22-19(24)13-21(27)25(22)18(14-28-22)15-6-2-1-3-7-15/h1-9,18-19H,10-14H2/t18-,19+,22-/m0/s1. The van der Waals surface area contributed by atoms with Crippen LogP contribution in [0, 0.1) is 0 Å². The third-order valence-corrected chi connectivity index (χ3v) is 6.63. The van der Waals surface area contributed by atoms with Gasteiger partial charge in [0.2, 0.25) is 11.8 Å². The lowest BCUT2D eigenvalue weighted by Gasteiger charge is -2.33. The molecule has 3 saturated heterocycles. The first-order chi connectivity index (χ1) is 13.6. The number of ether oxygens (including phenoxy) is 1. The van der Waals surface area contributed by atoms with E-state index in [9.17, 15) is 9.59 Å². The zero-order chi connectivity index (χ0) is 19.3. The van der Waals surface area contributed by atoms with Gasteiger partial charge < -0.3 is 14.5 Å². The Morgan fingerprint density at radius 3 is 2.68 bits per heavy atom. The SMILES string of the molecule is O=C(Cc1ccccc1Cl)N1CC[C@@]23OC[C@@H](c4ccccc4)N2C(=O)C[C@@H]13. The van der Waals surface area contributed by atoms with Crippen molar-refractivity contribution in [2.45, 2.75) is 37.1 Å². The first-order valence-electron chi connectivity index (χ1n) is 9.64. The van der Waals surface area contributed by atoms with Crippen LogP contribution in [0.4, 0.5) is 0 Å². The van der Waals surface area contributed by atoms with Crippen LogP contribution in [-0.4, -0.2) is 46.5 Å². The Morgan fingerprint density at radius 1 is 1.14 bits per heavy atom. The first-order valence-corrected chi connectivity index (χ1v) is 10.0. The quantitative estimate of drug-likeness (QED) is 0.800. The van der Waals surface area contributed by atoms with Gasteiger partial charge in [0.05, 0.1) is 31.5 Å². The second-order valence-corrected chi connectivity index (χ2v) is 8.08. The van der Waals surface area contributed by atoms with Crippen molar-refractivity contribution < 1.29 is 14.3 Å². The summed E-state index contributed by atoms with van der Waals surface area (Å²) in [5.74, 6) is 0.0583. The van der Waals surface area contributed by atoms with E-state index >= 15 is 0 Å². The third-order valence-electron chi connectivity index (χ3n) is 6.26. The number of carbonyl (C=O) groups is 2. The van der Waals surface area contributed by atoms with E-state index in [1.54, 1.807) is 6.07 Å². The number of carbonyl (C=O) groups excluding carboxylic acids is 2. The molecule has 3 heterocycles.